The smallest absolute Gasteiger partial charge is 0.412 e. The van der Waals surface area contributed by atoms with Gasteiger partial charge in [0.15, 0.2) is 6.17 Å². The Labute approximate surface area is 187 Å². The minimum Gasteiger partial charge on any atom is -0.496 e. The van der Waals surface area contributed by atoms with Crippen molar-refractivity contribution >= 4 is 17.6 Å². The molecule has 2 N–H and O–H groups in total. The summed E-state index contributed by atoms with van der Waals surface area (Å²) in [6.45, 7) is 4.60. The zero-order valence-corrected chi connectivity index (χ0v) is 18.7. The van der Waals surface area contributed by atoms with E-state index in [1.807, 2.05) is 30.3 Å². The first-order chi connectivity index (χ1) is 15.2. The molecule has 2 aromatic carbocycles. The quantitative estimate of drug-likeness (QED) is 0.668. The van der Waals surface area contributed by atoms with Crippen LogP contribution in [0.4, 0.5) is 4.79 Å². The van der Waals surface area contributed by atoms with Gasteiger partial charge in [-0.2, -0.15) is 0 Å². The van der Waals surface area contributed by atoms with E-state index in [2.05, 4.69) is 4.99 Å². The molecule has 3 rings (SSSR count). The molecule has 0 spiro atoms. The number of carbonyl (C=O) groups excluding carboxylic acids is 2. The Morgan fingerprint density at radius 2 is 1.81 bits per heavy atom. The van der Waals surface area contributed by atoms with Crippen molar-refractivity contribution < 1.29 is 29.3 Å². The number of ether oxygens (including phenoxy) is 2. The van der Waals surface area contributed by atoms with Gasteiger partial charge < -0.3 is 19.7 Å². The Bertz CT molecular complexity index is 1000. The second-order valence-electron chi connectivity index (χ2n) is 8.43. The zero-order valence-electron chi connectivity index (χ0n) is 18.7. The molecular weight excluding hydrogens is 412 g/mol. The summed E-state index contributed by atoms with van der Waals surface area (Å²) in [5, 5.41) is 19.3. The summed E-state index contributed by atoms with van der Waals surface area (Å²) in [5.41, 5.74) is 1.29. The third-order valence-electron chi connectivity index (χ3n) is 4.99. The Hall–Kier alpha value is -3.23. The van der Waals surface area contributed by atoms with Gasteiger partial charge in [-0.3, -0.25) is 14.7 Å². The van der Waals surface area contributed by atoms with Crippen molar-refractivity contribution in [2.75, 3.05) is 13.7 Å². The van der Waals surface area contributed by atoms with E-state index < -0.39 is 23.6 Å². The molecule has 1 atom stereocenters. The molecule has 1 amide bonds. The summed E-state index contributed by atoms with van der Waals surface area (Å²) in [4.78, 5) is 32.2. The van der Waals surface area contributed by atoms with Crippen LogP contribution in [0.25, 0.3) is 0 Å². The first kappa shape index (κ1) is 23.4. The normalized spacial score (nSPS) is 16.0. The van der Waals surface area contributed by atoms with Gasteiger partial charge in [-0.05, 0) is 44.0 Å². The topological polar surface area (TPSA) is 109 Å². The molecule has 0 fully saturated rings. The maximum absolute atomic E-state index is 13.3. The van der Waals surface area contributed by atoms with Gasteiger partial charge in [-0.15, -0.1) is 0 Å². The highest BCUT2D eigenvalue weighted by Gasteiger charge is 2.37. The summed E-state index contributed by atoms with van der Waals surface area (Å²) < 4.78 is 10.8. The average Bonchev–Trinajstić information content (AvgIpc) is 3.22. The van der Waals surface area contributed by atoms with Crippen molar-refractivity contribution in [3.63, 3.8) is 0 Å². The maximum Gasteiger partial charge on any atom is 0.412 e. The number of rotatable bonds is 6. The highest BCUT2D eigenvalue weighted by Crippen LogP contribution is 2.31. The van der Waals surface area contributed by atoms with Gasteiger partial charge in [-0.25, -0.2) is 4.79 Å². The summed E-state index contributed by atoms with van der Waals surface area (Å²) in [6, 6.07) is 12.2. The lowest BCUT2D eigenvalue weighted by Gasteiger charge is -2.27. The summed E-state index contributed by atoms with van der Waals surface area (Å²) >= 11 is 0. The van der Waals surface area contributed by atoms with Crippen molar-refractivity contribution in [3.8, 4) is 5.75 Å². The molecule has 1 aliphatic heterocycles. The first-order valence-corrected chi connectivity index (χ1v) is 10.3. The molecule has 1 heterocycles. The molecule has 0 saturated carbocycles. The summed E-state index contributed by atoms with van der Waals surface area (Å²) in [5.74, 6) is -0.0981. The number of aliphatic hydroxyl groups is 2. The lowest BCUT2D eigenvalue weighted by atomic mass is 9.99. The molecule has 1 unspecified atom stereocenters. The van der Waals surface area contributed by atoms with Crippen LogP contribution in [0.15, 0.2) is 47.5 Å². The van der Waals surface area contributed by atoms with E-state index in [1.165, 1.54) is 24.1 Å². The Morgan fingerprint density at radius 1 is 1.12 bits per heavy atom. The predicted octanol–water partition coefficient (Wildman–Crippen LogP) is 3.25. The number of ketones is 1. The third-order valence-corrected chi connectivity index (χ3v) is 4.99. The van der Waals surface area contributed by atoms with E-state index >= 15 is 0 Å². The van der Waals surface area contributed by atoms with Crippen molar-refractivity contribution in [1.29, 1.82) is 0 Å². The van der Waals surface area contributed by atoms with Gasteiger partial charge >= 0.3 is 6.09 Å². The number of aliphatic hydroxyl groups excluding tert-OH is 2. The number of amides is 1. The van der Waals surface area contributed by atoms with E-state index in [0.29, 0.717) is 16.9 Å². The Morgan fingerprint density at radius 3 is 2.38 bits per heavy atom. The number of Topliss-reactive ketones (excluding diaryl/α,β-unsaturated/α-hetero) is 1. The van der Waals surface area contributed by atoms with E-state index in [1.54, 1.807) is 20.8 Å². The van der Waals surface area contributed by atoms with Gasteiger partial charge in [0.25, 0.3) is 0 Å². The second kappa shape index (κ2) is 9.50. The molecule has 0 aromatic heterocycles. The summed E-state index contributed by atoms with van der Waals surface area (Å²) in [6.07, 6.45) is -1.26. The molecule has 170 valence electrons. The van der Waals surface area contributed by atoms with Crippen LogP contribution >= 0.6 is 0 Å². The fourth-order valence-electron chi connectivity index (χ4n) is 3.50. The maximum atomic E-state index is 13.3. The second-order valence-corrected chi connectivity index (χ2v) is 8.43. The number of hydrogen-bond acceptors (Lipinski definition) is 7. The summed E-state index contributed by atoms with van der Waals surface area (Å²) in [7, 11) is 1.42. The van der Waals surface area contributed by atoms with E-state index in [-0.39, 0.29) is 31.0 Å². The first-order valence-electron chi connectivity index (χ1n) is 10.3. The van der Waals surface area contributed by atoms with Gasteiger partial charge in [0.05, 0.1) is 26.9 Å². The van der Waals surface area contributed by atoms with Crippen LogP contribution in [0.3, 0.4) is 0 Å². The van der Waals surface area contributed by atoms with Crippen LogP contribution in [0.5, 0.6) is 5.75 Å². The standard InChI is InChI=1S/C24H28N2O6/c1-24(2,3)32-23(30)26-12-19(25-22(26)15-8-6-5-7-9-15)21(29)16-10-17(13-27)18(14-28)20(11-16)31-4/h5-11,22,27-28H,12-14H2,1-4H3. The van der Waals surface area contributed by atoms with Crippen molar-refractivity contribution in [1.82, 2.24) is 4.90 Å². The Balaban J connectivity index is 1.98. The number of hydrogen-bond donors (Lipinski definition) is 2. The molecule has 0 bridgehead atoms. The number of benzene rings is 2. The molecule has 1 aliphatic rings. The van der Waals surface area contributed by atoms with Crippen molar-refractivity contribution in [3.05, 3.63) is 64.7 Å². The van der Waals surface area contributed by atoms with Crippen LogP contribution in [-0.4, -0.2) is 52.0 Å². The zero-order chi connectivity index (χ0) is 23.5. The Kier molecular flexibility index (Phi) is 6.96. The van der Waals surface area contributed by atoms with E-state index in [4.69, 9.17) is 9.47 Å². The van der Waals surface area contributed by atoms with Crippen molar-refractivity contribution in [2.45, 2.75) is 45.8 Å². The molecular formula is C24H28N2O6. The molecule has 8 nitrogen and oxygen atoms in total. The van der Waals surface area contributed by atoms with E-state index in [9.17, 15) is 19.8 Å². The minimum atomic E-state index is -0.700. The van der Waals surface area contributed by atoms with E-state index in [0.717, 1.165) is 5.56 Å². The van der Waals surface area contributed by atoms with Crippen LogP contribution in [-0.2, 0) is 18.0 Å². The van der Waals surface area contributed by atoms with Gasteiger partial charge in [0.2, 0.25) is 5.78 Å². The molecule has 0 aliphatic carbocycles. The lowest BCUT2D eigenvalue weighted by Crippen LogP contribution is -2.38. The fraction of sp³-hybridized carbons (Fsp3) is 0.375. The number of aliphatic imine (C=N–C) groups is 1. The third kappa shape index (κ3) is 4.98. The number of nitrogens with zero attached hydrogens (tertiary/aromatic N) is 2. The van der Waals surface area contributed by atoms with Crippen LogP contribution in [0.2, 0.25) is 0 Å². The highest BCUT2D eigenvalue weighted by molar-refractivity contribution is 6.47. The molecule has 0 radical (unpaired) electrons. The monoisotopic (exact) mass is 440 g/mol. The fourth-order valence-corrected chi connectivity index (χ4v) is 3.50. The van der Waals surface area contributed by atoms with Gasteiger partial charge in [0.1, 0.15) is 17.1 Å². The van der Waals surface area contributed by atoms with Crippen molar-refractivity contribution in [2.24, 2.45) is 4.99 Å². The van der Waals surface area contributed by atoms with Gasteiger partial charge in [-0.1, -0.05) is 30.3 Å². The van der Waals surface area contributed by atoms with Crippen LogP contribution in [0.1, 0.15) is 54.0 Å². The molecule has 2 aromatic rings. The highest BCUT2D eigenvalue weighted by atomic mass is 16.6. The molecule has 0 saturated heterocycles. The number of carbonyl (C=O) groups is 2. The lowest BCUT2D eigenvalue weighted by molar-refractivity contribution is 0.0223. The van der Waals surface area contributed by atoms with Gasteiger partial charge in [0, 0.05) is 11.1 Å². The van der Waals surface area contributed by atoms with Crippen LogP contribution in [0, 0.1) is 0 Å². The minimum absolute atomic E-state index is 0.0220. The predicted molar refractivity (Wildman–Crippen MR) is 119 cm³/mol. The average molecular weight is 440 g/mol. The SMILES string of the molecule is COc1cc(C(=O)C2=NC(c3ccccc3)N(C(=O)OC(C)(C)C)C2)cc(CO)c1CO. The number of methoxy groups -OCH3 is 1. The molecule has 8 heteroatoms. The molecule has 32 heavy (non-hydrogen) atoms. The van der Waals surface area contributed by atoms with Crippen LogP contribution < -0.4 is 4.74 Å². The largest absolute Gasteiger partial charge is 0.496 e.